The van der Waals surface area contributed by atoms with Gasteiger partial charge in [-0.25, -0.2) is 9.59 Å². The number of nitrogens with one attached hydrogen (secondary N) is 1. The predicted molar refractivity (Wildman–Crippen MR) is 136 cm³/mol. The SMILES string of the molecule is O=C(O)/C=C/CC[C@H](Oc1ccccc1)[C@@H](OC(=O)NC(=O)c1ccccc1)c1cc(Br)ccc1O. The molecule has 3 rings (SSSR count). The molecule has 0 aliphatic rings. The number of amides is 2. The first-order valence-electron chi connectivity index (χ1n) is 11.0. The molecule has 0 spiro atoms. The molecule has 0 aliphatic heterocycles. The van der Waals surface area contributed by atoms with E-state index < -0.39 is 30.2 Å². The lowest BCUT2D eigenvalue weighted by Gasteiger charge is -2.28. The smallest absolute Gasteiger partial charge is 0.414 e. The molecule has 0 saturated carbocycles. The number of phenolic OH excluding ortho intramolecular Hbond substituents is 1. The summed E-state index contributed by atoms with van der Waals surface area (Å²) in [6.45, 7) is 0. The van der Waals surface area contributed by atoms with Crippen molar-refractivity contribution in [3.63, 3.8) is 0 Å². The van der Waals surface area contributed by atoms with Crippen molar-refractivity contribution in [1.29, 1.82) is 0 Å². The summed E-state index contributed by atoms with van der Waals surface area (Å²) < 4.78 is 12.4. The van der Waals surface area contributed by atoms with Gasteiger partial charge in [0.2, 0.25) is 0 Å². The van der Waals surface area contributed by atoms with Crippen LogP contribution in [0.4, 0.5) is 4.79 Å². The number of hydrogen-bond donors (Lipinski definition) is 3. The van der Waals surface area contributed by atoms with Gasteiger partial charge in [-0.2, -0.15) is 0 Å². The Morgan fingerprint density at radius 3 is 2.31 bits per heavy atom. The van der Waals surface area contributed by atoms with Gasteiger partial charge < -0.3 is 19.7 Å². The topological polar surface area (TPSA) is 122 Å². The third-order valence-corrected chi connectivity index (χ3v) is 5.52. The van der Waals surface area contributed by atoms with Crippen LogP contribution in [0.15, 0.2) is 95.5 Å². The second-order valence-electron chi connectivity index (χ2n) is 7.64. The van der Waals surface area contributed by atoms with E-state index in [0.717, 1.165) is 6.08 Å². The number of carboxylic acid groups (broad SMARTS) is 1. The summed E-state index contributed by atoms with van der Waals surface area (Å²) >= 11 is 3.36. The van der Waals surface area contributed by atoms with Crippen molar-refractivity contribution in [1.82, 2.24) is 5.32 Å². The highest BCUT2D eigenvalue weighted by molar-refractivity contribution is 9.10. The molecule has 2 amide bonds. The van der Waals surface area contributed by atoms with Gasteiger partial charge in [0.05, 0.1) is 0 Å². The number of hydrogen-bond acceptors (Lipinski definition) is 6. The second kappa shape index (κ2) is 13.1. The number of carbonyl (C=O) groups excluding carboxylic acids is 2. The zero-order valence-electron chi connectivity index (χ0n) is 19.0. The van der Waals surface area contributed by atoms with E-state index in [4.69, 9.17) is 14.6 Å². The molecule has 2 atom stereocenters. The minimum Gasteiger partial charge on any atom is -0.508 e. The zero-order chi connectivity index (χ0) is 25.9. The number of rotatable bonds is 10. The molecule has 0 radical (unpaired) electrons. The number of allylic oxidation sites excluding steroid dienone is 1. The van der Waals surface area contributed by atoms with Crippen molar-refractivity contribution in [3.8, 4) is 11.5 Å². The lowest BCUT2D eigenvalue weighted by Crippen LogP contribution is -2.36. The predicted octanol–water partition coefficient (Wildman–Crippen LogP) is 5.63. The molecular formula is C27H24BrNO7. The molecule has 186 valence electrons. The summed E-state index contributed by atoms with van der Waals surface area (Å²) in [4.78, 5) is 36.1. The van der Waals surface area contributed by atoms with E-state index in [-0.39, 0.29) is 29.7 Å². The van der Waals surface area contributed by atoms with Crippen molar-refractivity contribution in [2.75, 3.05) is 0 Å². The molecule has 9 heteroatoms. The van der Waals surface area contributed by atoms with Crippen LogP contribution in [-0.4, -0.2) is 34.3 Å². The van der Waals surface area contributed by atoms with Gasteiger partial charge in [-0.3, -0.25) is 10.1 Å². The van der Waals surface area contributed by atoms with Crippen LogP contribution < -0.4 is 10.1 Å². The minimum atomic E-state index is -1.15. The number of carboxylic acids is 1. The van der Waals surface area contributed by atoms with Crippen LogP contribution in [0.25, 0.3) is 0 Å². The molecule has 0 aliphatic carbocycles. The van der Waals surface area contributed by atoms with Gasteiger partial charge in [0.1, 0.15) is 17.6 Å². The standard InChI is InChI=1S/C27H24BrNO7/c28-19-15-16-22(30)21(17-19)25(36-27(34)29-26(33)18-9-3-1-4-10-18)23(13-7-8-14-24(31)32)35-20-11-5-2-6-12-20/h1-6,8-12,14-17,23,25,30H,7,13H2,(H,31,32)(H,29,33,34)/b14-8+/t23-,25-/m0/s1. The Bertz CT molecular complexity index is 1220. The molecule has 8 nitrogen and oxygen atoms in total. The quantitative estimate of drug-likeness (QED) is 0.278. The molecule has 3 N–H and O–H groups in total. The molecule has 36 heavy (non-hydrogen) atoms. The van der Waals surface area contributed by atoms with Crippen molar-refractivity contribution >= 4 is 33.9 Å². The number of ether oxygens (including phenoxy) is 2. The molecule has 3 aromatic carbocycles. The van der Waals surface area contributed by atoms with Crippen molar-refractivity contribution in [3.05, 3.63) is 107 Å². The van der Waals surface area contributed by atoms with Gasteiger partial charge in [-0.15, -0.1) is 0 Å². The maximum absolute atomic E-state index is 12.8. The molecule has 0 aromatic heterocycles. The Labute approximate surface area is 216 Å². The second-order valence-corrected chi connectivity index (χ2v) is 8.55. The van der Waals surface area contributed by atoms with E-state index in [9.17, 15) is 19.5 Å². The Morgan fingerprint density at radius 2 is 1.64 bits per heavy atom. The van der Waals surface area contributed by atoms with Crippen molar-refractivity contribution in [2.24, 2.45) is 0 Å². The fourth-order valence-corrected chi connectivity index (χ4v) is 3.76. The first-order valence-corrected chi connectivity index (χ1v) is 11.8. The highest BCUT2D eigenvalue weighted by atomic mass is 79.9. The summed E-state index contributed by atoms with van der Waals surface area (Å²) in [6, 6.07) is 21.6. The number of para-hydroxylation sites is 1. The van der Waals surface area contributed by atoms with E-state index in [2.05, 4.69) is 21.2 Å². The maximum Gasteiger partial charge on any atom is 0.414 e. The Morgan fingerprint density at radius 1 is 0.972 bits per heavy atom. The van der Waals surface area contributed by atoms with Gasteiger partial charge in [-0.05, 0) is 55.3 Å². The van der Waals surface area contributed by atoms with Crippen LogP contribution in [0.5, 0.6) is 11.5 Å². The summed E-state index contributed by atoms with van der Waals surface area (Å²) in [5.74, 6) is -1.41. The third-order valence-electron chi connectivity index (χ3n) is 5.03. The largest absolute Gasteiger partial charge is 0.508 e. The lowest BCUT2D eigenvalue weighted by molar-refractivity contribution is -0.131. The van der Waals surface area contributed by atoms with Gasteiger partial charge >= 0.3 is 12.1 Å². The van der Waals surface area contributed by atoms with E-state index in [1.54, 1.807) is 66.7 Å². The fraction of sp³-hybridized carbons (Fsp3) is 0.148. The summed E-state index contributed by atoms with van der Waals surface area (Å²) in [5.41, 5.74) is 0.516. The van der Waals surface area contributed by atoms with Crippen molar-refractivity contribution < 1.29 is 34.1 Å². The van der Waals surface area contributed by atoms with Crippen LogP contribution in [0.2, 0.25) is 0 Å². The van der Waals surface area contributed by atoms with Crippen LogP contribution in [0, 0.1) is 0 Å². The van der Waals surface area contributed by atoms with E-state index in [1.807, 2.05) is 6.07 Å². The Balaban J connectivity index is 1.91. The number of imide groups is 1. The number of aromatic hydroxyl groups is 1. The van der Waals surface area contributed by atoms with Crippen LogP contribution >= 0.6 is 15.9 Å². The average Bonchev–Trinajstić information content (AvgIpc) is 2.87. The number of halogens is 1. The Hall–Kier alpha value is -4.11. The normalized spacial score (nSPS) is 12.5. The van der Waals surface area contributed by atoms with E-state index in [0.29, 0.717) is 10.2 Å². The van der Waals surface area contributed by atoms with Gasteiger partial charge in [-0.1, -0.05) is 58.4 Å². The van der Waals surface area contributed by atoms with Gasteiger partial charge in [0.25, 0.3) is 5.91 Å². The first-order chi connectivity index (χ1) is 17.3. The maximum atomic E-state index is 12.8. The van der Waals surface area contributed by atoms with Gasteiger partial charge in [0.15, 0.2) is 6.10 Å². The number of carbonyl (C=O) groups is 3. The molecule has 3 aromatic rings. The highest BCUT2D eigenvalue weighted by Gasteiger charge is 2.32. The molecule has 0 heterocycles. The molecule has 0 bridgehead atoms. The van der Waals surface area contributed by atoms with E-state index in [1.165, 1.54) is 12.1 Å². The highest BCUT2D eigenvalue weighted by Crippen LogP contribution is 2.35. The van der Waals surface area contributed by atoms with Crippen LogP contribution in [0.3, 0.4) is 0 Å². The monoisotopic (exact) mass is 553 g/mol. The third kappa shape index (κ3) is 7.99. The number of alkyl carbamates (subject to hydrolysis) is 1. The number of phenols is 1. The molecule has 0 saturated heterocycles. The van der Waals surface area contributed by atoms with Crippen LogP contribution in [0.1, 0.15) is 34.9 Å². The zero-order valence-corrected chi connectivity index (χ0v) is 20.6. The number of benzene rings is 3. The molecule has 0 unspecified atom stereocenters. The molecular weight excluding hydrogens is 530 g/mol. The van der Waals surface area contributed by atoms with Crippen molar-refractivity contribution in [2.45, 2.75) is 25.0 Å². The summed E-state index contributed by atoms with van der Waals surface area (Å²) in [7, 11) is 0. The minimum absolute atomic E-state index is 0.145. The summed E-state index contributed by atoms with van der Waals surface area (Å²) in [5, 5.41) is 21.7. The van der Waals surface area contributed by atoms with Gasteiger partial charge in [0, 0.05) is 21.7 Å². The van der Waals surface area contributed by atoms with E-state index >= 15 is 0 Å². The number of aliphatic carboxylic acids is 1. The molecule has 0 fully saturated rings. The Kier molecular flexibility index (Phi) is 9.64. The summed E-state index contributed by atoms with van der Waals surface area (Å²) in [6.07, 6.45) is -0.0419. The first kappa shape index (κ1) is 26.5. The fourth-order valence-electron chi connectivity index (χ4n) is 3.38. The van der Waals surface area contributed by atoms with Crippen LogP contribution in [-0.2, 0) is 9.53 Å². The lowest BCUT2D eigenvalue weighted by atomic mass is 9.99. The average molecular weight is 554 g/mol.